The van der Waals surface area contributed by atoms with E-state index in [1.165, 1.54) is 12.3 Å². The number of thiocarbonyl (C=S) groups is 1. The first-order chi connectivity index (χ1) is 10.5. The van der Waals surface area contributed by atoms with Crippen LogP contribution >= 0.6 is 12.2 Å². The maximum absolute atomic E-state index is 12.8. The number of nitrogens with zero attached hydrogens (tertiary/aromatic N) is 3. The third-order valence-electron chi connectivity index (χ3n) is 3.50. The summed E-state index contributed by atoms with van der Waals surface area (Å²) in [7, 11) is -2.76. The summed E-state index contributed by atoms with van der Waals surface area (Å²) in [5, 5.41) is -0.347. The summed E-state index contributed by atoms with van der Waals surface area (Å²) < 4.78 is 54.5. The van der Waals surface area contributed by atoms with Gasteiger partial charge in [-0.25, -0.2) is 4.21 Å². The quantitative estimate of drug-likeness (QED) is 0.758. The van der Waals surface area contributed by atoms with E-state index in [4.69, 9.17) is 12.2 Å². The Bertz CT molecular complexity index is 661. The van der Waals surface area contributed by atoms with Crippen LogP contribution in [0.2, 0.25) is 0 Å². The lowest BCUT2D eigenvalue weighted by Gasteiger charge is -2.21. The number of pyridine rings is 1. The van der Waals surface area contributed by atoms with E-state index in [1.807, 2.05) is 13.8 Å². The van der Waals surface area contributed by atoms with Gasteiger partial charge in [0.2, 0.25) is 5.11 Å². The molecule has 1 heterocycles. The Morgan fingerprint density at radius 1 is 1.39 bits per heavy atom. The first-order valence-electron chi connectivity index (χ1n) is 7.06. The largest absolute Gasteiger partial charge is 0.433 e. The first kappa shape index (κ1) is 19.8. The Kier molecular flexibility index (Phi) is 6.52. The summed E-state index contributed by atoms with van der Waals surface area (Å²) >= 11 is 5.18. The van der Waals surface area contributed by atoms with Gasteiger partial charge >= 0.3 is 6.18 Å². The number of rotatable bonds is 4. The zero-order valence-corrected chi connectivity index (χ0v) is 15.1. The molecule has 1 aromatic rings. The van der Waals surface area contributed by atoms with Crippen LogP contribution in [0.4, 0.5) is 13.2 Å². The molecule has 1 rings (SSSR count). The highest BCUT2D eigenvalue weighted by Crippen LogP contribution is 2.29. The highest BCUT2D eigenvalue weighted by molar-refractivity contribution is 7.94. The van der Waals surface area contributed by atoms with Crippen LogP contribution in [0.25, 0.3) is 0 Å². The average molecular weight is 367 g/mol. The van der Waals surface area contributed by atoms with E-state index < -0.39 is 26.8 Å². The van der Waals surface area contributed by atoms with E-state index in [-0.39, 0.29) is 5.11 Å². The lowest BCUT2D eigenvalue weighted by molar-refractivity contribution is -0.141. The van der Waals surface area contributed by atoms with Gasteiger partial charge < -0.3 is 4.90 Å². The number of hydrogen-bond donors (Lipinski definition) is 0. The van der Waals surface area contributed by atoms with Crippen LogP contribution in [0.3, 0.4) is 0 Å². The topological polar surface area (TPSA) is 45.6 Å². The van der Waals surface area contributed by atoms with Crippen LogP contribution in [0.5, 0.6) is 0 Å². The van der Waals surface area contributed by atoms with E-state index in [1.54, 1.807) is 11.8 Å². The fraction of sp³-hybridized carbons (Fsp3) is 0.571. The zero-order valence-electron chi connectivity index (χ0n) is 13.4. The Morgan fingerprint density at radius 2 is 1.96 bits per heavy atom. The van der Waals surface area contributed by atoms with Crippen LogP contribution in [-0.2, 0) is 15.9 Å². The van der Waals surface area contributed by atoms with Crippen molar-refractivity contribution in [1.82, 2.24) is 9.88 Å². The molecule has 0 fully saturated rings. The minimum absolute atomic E-state index is 0.245. The van der Waals surface area contributed by atoms with Gasteiger partial charge in [-0.2, -0.15) is 17.5 Å². The number of aromatic nitrogens is 1. The summed E-state index contributed by atoms with van der Waals surface area (Å²) in [6, 6.07) is 2.16. The molecule has 0 bridgehead atoms. The van der Waals surface area contributed by atoms with E-state index in [0.717, 1.165) is 12.3 Å². The van der Waals surface area contributed by atoms with Crippen molar-refractivity contribution in [3.05, 3.63) is 29.6 Å². The second-order valence-corrected chi connectivity index (χ2v) is 8.00. The van der Waals surface area contributed by atoms with Crippen molar-refractivity contribution >= 4 is 27.1 Å². The molecule has 4 nitrogen and oxygen atoms in total. The van der Waals surface area contributed by atoms with E-state index in [9.17, 15) is 17.4 Å². The van der Waals surface area contributed by atoms with Crippen LogP contribution in [0.15, 0.2) is 22.7 Å². The molecule has 23 heavy (non-hydrogen) atoms. The van der Waals surface area contributed by atoms with Crippen molar-refractivity contribution in [2.75, 3.05) is 19.3 Å². The summed E-state index contributed by atoms with van der Waals surface area (Å²) in [5.74, 6) is 0. The van der Waals surface area contributed by atoms with Gasteiger partial charge in [0.1, 0.15) is 5.69 Å². The average Bonchev–Trinajstić information content (AvgIpc) is 2.46. The number of hydrogen-bond acceptors (Lipinski definition) is 3. The molecule has 1 aromatic heterocycles. The number of alkyl halides is 3. The second kappa shape index (κ2) is 7.57. The highest BCUT2D eigenvalue weighted by Gasteiger charge is 2.32. The minimum atomic E-state index is -4.50. The monoisotopic (exact) mass is 367 g/mol. The summed E-state index contributed by atoms with van der Waals surface area (Å²) in [6.07, 6.45) is -1.96. The van der Waals surface area contributed by atoms with Crippen LogP contribution in [0.1, 0.15) is 37.3 Å². The first-order valence-corrected chi connectivity index (χ1v) is 9.45. The van der Waals surface area contributed by atoms with Crippen molar-refractivity contribution in [3.63, 3.8) is 0 Å². The lowest BCUT2D eigenvalue weighted by Crippen LogP contribution is -2.28. The van der Waals surface area contributed by atoms with Gasteiger partial charge in [0.15, 0.2) is 0 Å². The standard InChI is InChI=1S/C14H20F3N3OS2/c1-5-20(6-2)13(22)19-23(4,21)10(3)11-7-8-12(18-9-11)14(15,16)17/h7-10H,5-6H2,1-4H3. The van der Waals surface area contributed by atoms with Gasteiger partial charge in [-0.1, -0.05) is 6.07 Å². The van der Waals surface area contributed by atoms with Crippen LogP contribution in [0, 0.1) is 0 Å². The molecule has 0 aliphatic rings. The van der Waals surface area contributed by atoms with E-state index in [0.29, 0.717) is 18.7 Å². The molecule has 0 aromatic carbocycles. The molecule has 0 saturated heterocycles. The molecule has 0 amide bonds. The Balaban J connectivity index is 3.09. The summed E-state index contributed by atoms with van der Waals surface area (Å²) in [4.78, 5) is 5.18. The SMILES string of the molecule is CCN(CC)C(=S)N=S(C)(=O)C(C)c1ccc(C(F)(F)F)nc1. The molecule has 2 unspecified atom stereocenters. The molecule has 0 saturated carbocycles. The zero-order chi connectivity index (χ0) is 17.8. The van der Waals surface area contributed by atoms with Gasteiger partial charge in [0, 0.05) is 25.5 Å². The van der Waals surface area contributed by atoms with Crippen LogP contribution < -0.4 is 0 Å². The smallest absolute Gasteiger partial charge is 0.348 e. The van der Waals surface area contributed by atoms with Crippen LogP contribution in [-0.4, -0.2) is 38.6 Å². The second-order valence-electron chi connectivity index (χ2n) is 5.02. The number of halogens is 3. The molecular formula is C14H20F3N3OS2. The van der Waals surface area contributed by atoms with Gasteiger partial charge in [-0.3, -0.25) is 4.98 Å². The van der Waals surface area contributed by atoms with E-state index in [2.05, 4.69) is 9.35 Å². The molecule has 0 radical (unpaired) electrons. The minimum Gasteiger partial charge on any atom is -0.348 e. The molecule has 9 heteroatoms. The summed E-state index contributed by atoms with van der Waals surface area (Å²) in [6.45, 7) is 6.74. The predicted octanol–water partition coefficient (Wildman–Crippen LogP) is 3.89. The van der Waals surface area contributed by atoms with Gasteiger partial charge in [-0.05, 0) is 44.6 Å². The van der Waals surface area contributed by atoms with E-state index >= 15 is 0 Å². The van der Waals surface area contributed by atoms with Crippen molar-refractivity contribution < 1.29 is 17.4 Å². The molecule has 0 aliphatic heterocycles. The lowest BCUT2D eigenvalue weighted by atomic mass is 10.2. The maximum atomic E-state index is 12.8. The molecule has 0 spiro atoms. The Hall–Kier alpha value is -1.22. The van der Waals surface area contributed by atoms with Gasteiger partial charge in [0.05, 0.1) is 15.0 Å². The third kappa shape index (κ3) is 5.13. The molecule has 0 aliphatic carbocycles. The Morgan fingerprint density at radius 3 is 2.35 bits per heavy atom. The fourth-order valence-electron chi connectivity index (χ4n) is 1.85. The normalized spacial score (nSPS) is 15.6. The van der Waals surface area contributed by atoms with Crippen molar-refractivity contribution in [2.24, 2.45) is 4.36 Å². The van der Waals surface area contributed by atoms with Gasteiger partial charge in [-0.15, -0.1) is 0 Å². The third-order valence-corrected chi connectivity index (χ3v) is 6.08. The maximum Gasteiger partial charge on any atom is 0.433 e. The molecule has 2 atom stereocenters. The summed E-state index contributed by atoms with van der Waals surface area (Å²) in [5.41, 5.74) is -0.553. The van der Waals surface area contributed by atoms with Crippen molar-refractivity contribution in [3.8, 4) is 0 Å². The molecule has 0 N–H and O–H groups in total. The fourth-order valence-corrected chi connectivity index (χ4v) is 3.78. The van der Waals surface area contributed by atoms with Gasteiger partial charge in [0.25, 0.3) is 0 Å². The Labute approximate surface area is 140 Å². The van der Waals surface area contributed by atoms with Crippen molar-refractivity contribution in [1.29, 1.82) is 0 Å². The predicted molar refractivity (Wildman–Crippen MR) is 89.7 cm³/mol. The highest BCUT2D eigenvalue weighted by atomic mass is 32.2. The molecular weight excluding hydrogens is 347 g/mol. The van der Waals surface area contributed by atoms with Crippen molar-refractivity contribution in [2.45, 2.75) is 32.2 Å². The molecule has 130 valence electrons.